The van der Waals surface area contributed by atoms with E-state index in [0.29, 0.717) is 23.9 Å². The van der Waals surface area contributed by atoms with Gasteiger partial charge >= 0.3 is 0 Å². The molecule has 5 rings (SSSR count). The van der Waals surface area contributed by atoms with Crippen molar-refractivity contribution in [2.24, 2.45) is 0 Å². The lowest BCUT2D eigenvalue weighted by Crippen LogP contribution is -1.98. The zero-order valence-corrected chi connectivity index (χ0v) is 18.3. The summed E-state index contributed by atoms with van der Waals surface area (Å²) >= 11 is 0. The van der Waals surface area contributed by atoms with Crippen molar-refractivity contribution in [2.75, 3.05) is 5.32 Å². The second kappa shape index (κ2) is 10.1. The maximum absolute atomic E-state index is 9.24. The fourth-order valence-corrected chi connectivity index (χ4v) is 3.33. The molecule has 0 spiro atoms. The van der Waals surface area contributed by atoms with Gasteiger partial charge < -0.3 is 19.6 Å². The maximum atomic E-state index is 9.24. The summed E-state index contributed by atoms with van der Waals surface area (Å²) in [6.45, 7) is 0.362. The molecular weight excluding hydrogens is 440 g/mol. The van der Waals surface area contributed by atoms with Crippen LogP contribution in [-0.4, -0.2) is 20.1 Å². The van der Waals surface area contributed by atoms with Gasteiger partial charge in [0.2, 0.25) is 0 Å². The van der Waals surface area contributed by atoms with E-state index in [4.69, 9.17) is 9.15 Å². The number of anilines is 2. The van der Waals surface area contributed by atoms with Crippen molar-refractivity contribution < 1.29 is 14.3 Å². The first-order valence-electron chi connectivity index (χ1n) is 10.1. The van der Waals surface area contributed by atoms with Gasteiger partial charge in [0.05, 0.1) is 17.4 Å². The van der Waals surface area contributed by atoms with Gasteiger partial charge in [0.25, 0.3) is 0 Å². The van der Waals surface area contributed by atoms with Gasteiger partial charge in [-0.2, -0.15) is 0 Å². The fourth-order valence-electron chi connectivity index (χ4n) is 3.33. The predicted molar refractivity (Wildman–Crippen MR) is 129 cm³/mol. The SMILES string of the molecule is Cl.OCc1cc(-c2cc3c(Nc4ccc(OCc5ccccc5)cc4)ncnc3cn2)co1. The first-order valence-corrected chi connectivity index (χ1v) is 10.1. The molecule has 8 heteroatoms. The van der Waals surface area contributed by atoms with Crippen molar-refractivity contribution in [1.29, 1.82) is 0 Å². The number of benzene rings is 2. The molecule has 166 valence electrons. The van der Waals surface area contributed by atoms with Crippen LogP contribution in [0.3, 0.4) is 0 Å². The number of nitrogens with one attached hydrogen (secondary N) is 1. The van der Waals surface area contributed by atoms with Crippen LogP contribution in [0.5, 0.6) is 5.75 Å². The number of hydrogen-bond donors (Lipinski definition) is 2. The topological polar surface area (TPSA) is 93.3 Å². The minimum absolute atomic E-state index is 0. The van der Waals surface area contributed by atoms with Crippen LogP contribution in [0.2, 0.25) is 0 Å². The third-order valence-corrected chi connectivity index (χ3v) is 4.99. The minimum atomic E-state index is -0.158. The number of aliphatic hydroxyl groups excluding tert-OH is 1. The van der Waals surface area contributed by atoms with Crippen LogP contribution in [0.4, 0.5) is 11.5 Å². The average Bonchev–Trinajstić information content (AvgIpc) is 3.34. The predicted octanol–water partition coefficient (Wildman–Crippen LogP) is 5.52. The summed E-state index contributed by atoms with van der Waals surface area (Å²) in [6, 6.07) is 21.4. The lowest BCUT2D eigenvalue weighted by atomic mass is 10.1. The van der Waals surface area contributed by atoms with E-state index in [9.17, 15) is 5.11 Å². The molecule has 2 aromatic carbocycles. The van der Waals surface area contributed by atoms with Crippen LogP contribution in [-0.2, 0) is 13.2 Å². The molecule has 0 fully saturated rings. The highest BCUT2D eigenvalue weighted by atomic mass is 35.5. The van der Waals surface area contributed by atoms with E-state index in [2.05, 4.69) is 20.3 Å². The molecule has 0 saturated heterocycles. The highest BCUT2D eigenvalue weighted by Crippen LogP contribution is 2.28. The molecule has 0 saturated carbocycles. The summed E-state index contributed by atoms with van der Waals surface area (Å²) in [5.74, 6) is 1.94. The number of aliphatic hydroxyl groups is 1. The molecule has 0 amide bonds. The van der Waals surface area contributed by atoms with E-state index in [1.165, 1.54) is 6.33 Å². The van der Waals surface area contributed by atoms with Crippen LogP contribution in [0, 0.1) is 0 Å². The monoisotopic (exact) mass is 460 g/mol. The molecular formula is C25H21ClN4O3. The van der Waals surface area contributed by atoms with Gasteiger partial charge in [-0.15, -0.1) is 12.4 Å². The number of fused-ring (bicyclic) bond motifs is 1. The second-order valence-electron chi connectivity index (χ2n) is 7.19. The molecule has 3 heterocycles. The lowest BCUT2D eigenvalue weighted by molar-refractivity contribution is 0.247. The molecule has 0 radical (unpaired) electrons. The van der Waals surface area contributed by atoms with Crippen molar-refractivity contribution in [3.63, 3.8) is 0 Å². The van der Waals surface area contributed by atoms with Crippen LogP contribution in [0.15, 0.2) is 89.9 Å². The number of nitrogens with zero attached hydrogens (tertiary/aromatic N) is 3. The van der Waals surface area contributed by atoms with E-state index < -0.39 is 0 Å². The Balaban J connectivity index is 0.00000259. The van der Waals surface area contributed by atoms with E-state index >= 15 is 0 Å². The number of ether oxygens (including phenoxy) is 1. The van der Waals surface area contributed by atoms with Gasteiger partial charge in [-0.3, -0.25) is 4.98 Å². The molecule has 0 aliphatic carbocycles. The molecule has 7 nitrogen and oxygen atoms in total. The largest absolute Gasteiger partial charge is 0.489 e. The highest BCUT2D eigenvalue weighted by molar-refractivity contribution is 5.92. The van der Waals surface area contributed by atoms with Crippen molar-refractivity contribution >= 4 is 34.8 Å². The van der Waals surface area contributed by atoms with Gasteiger partial charge in [-0.25, -0.2) is 9.97 Å². The van der Waals surface area contributed by atoms with Crippen molar-refractivity contribution in [3.8, 4) is 17.0 Å². The summed E-state index contributed by atoms with van der Waals surface area (Å²) in [4.78, 5) is 13.2. The Bertz CT molecular complexity index is 1340. The van der Waals surface area contributed by atoms with Gasteiger partial charge in [0.1, 0.15) is 43.1 Å². The Hall–Kier alpha value is -3.94. The number of furan rings is 1. The van der Waals surface area contributed by atoms with Crippen molar-refractivity contribution in [3.05, 3.63) is 96.8 Å². The zero-order chi connectivity index (χ0) is 21.8. The third kappa shape index (κ3) is 5.11. The van der Waals surface area contributed by atoms with Gasteiger partial charge in [-0.05, 0) is 42.0 Å². The van der Waals surface area contributed by atoms with Gasteiger partial charge in [0, 0.05) is 16.6 Å². The molecule has 0 atom stereocenters. The van der Waals surface area contributed by atoms with Crippen LogP contribution < -0.4 is 10.1 Å². The number of hydrogen-bond acceptors (Lipinski definition) is 7. The second-order valence-corrected chi connectivity index (χ2v) is 7.19. The van der Waals surface area contributed by atoms with Gasteiger partial charge in [0.15, 0.2) is 0 Å². The Morgan fingerprint density at radius 3 is 2.52 bits per heavy atom. The van der Waals surface area contributed by atoms with Gasteiger partial charge in [-0.1, -0.05) is 30.3 Å². The van der Waals surface area contributed by atoms with Crippen LogP contribution >= 0.6 is 12.4 Å². The summed E-state index contributed by atoms with van der Waals surface area (Å²) in [7, 11) is 0. The van der Waals surface area contributed by atoms with Crippen LogP contribution in [0.25, 0.3) is 22.2 Å². The normalized spacial score (nSPS) is 10.6. The fraction of sp³-hybridized carbons (Fsp3) is 0.0800. The number of pyridine rings is 1. The lowest BCUT2D eigenvalue weighted by Gasteiger charge is -2.10. The molecule has 33 heavy (non-hydrogen) atoms. The summed E-state index contributed by atoms with van der Waals surface area (Å²) in [5.41, 5.74) is 4.21. The number of rotatable bonds is 7. The summed E-state index contributed by atoms with van der Waals surface area (Å²) in [6.07, 6.45) is 4.78. The molecule has 0 unspecified atom stereocenters. The quantitative estimate of drug-likeness (QED) is 0.330. The first-order chi connectivity index (χ1) is 15.8. The zero-order valence-electron chi connectivity index (χ0n) is 17.5. The molecule has 2 N–H and O–H groups in total. The maximum Gasteiger partial charge on any atom is 0.141 e. The number of halogens is 1. The van der Waals surface area contributed by atoms with Crippen molar-refractivity contribution in [2.45, 2.75) is 13.2 Å². The Labute approximate surface area is 196 Å². The average molecular weight is 461 g/mol. The van der Waals surface area contributed by atoms with E-state index in [0.717, 1.165) is 33.5 Å². The molecule has 3 aromatic heterocycles. The third-order valence-electron chi connectivity index (χ3n) is 4.99. The Morgan fingerprint density at radius 1 is 0.939 bits per heavy atom. The van der Waals surface area contributed by atoms with E-state index in [-0.39, 0.29) is 19.0 Å². The summed E-state index contributed by atoms with van der Waals surface area (Å²) in [5, 5.41) is 13.4. The van der Waals surface area contributed by atoms with E-state index in [1.54, 1.807) is 18.5 Å². The van der Waals surface area contributed by atoms with Crippen LogP contribution in [0.1, 0.15) is 11.3 Å². The number of aromatic nitrogens is 3. The smallest absolute Gasteiger partial charge is 0.141 e. The standard InChI is InChI=1S/C25H20N4O3.ClH/c30-13-21-10-18(15-32-21)23-11-22-24(12-26-23)27-16-28-25(22)29-19-6-8-20(9-7-19)31-14-17-4-2-1-3-5-17;/h1-12,15-16,30H,13-14H2,(H,27,28,29);1H. The highest BCUT2D eigenvalue weighted by Gasteiger charge is 2.10. The van der Waals surface area contributed by atoms with Crippen molar-refractivity contribution in [1.82, 2.24) is 15.0 Å². The molecule has 0 aliphatic heterocycles. The Kier molecular flexibility index (Phi) is 6.83. The molecule has 5 aromatic rings. The molecule has 0 aliphatic rings. The minimum Gasteiger partial charge on any atom is -0.489 e. The molecule has 0 bridgehead atoms. The summed E-state index contributed by atoms with van der Waals surface area (Å²) < 4.78 is 11.2. The van der Waals surface area contributed by atoms with E-state index in [1.807, 2.05) is 60.7 Å². The first kappa shape index (κ1) is 22.3. The Morgan fingerprint density at radius 2 is 1.76 bits per heavy atom.